The van der Waals surface area contributed by atoms with E-state index in [1.165, 1.54) is 19.1 Å². The van der Waals surface area contributed by atoms with Crippen molar-refractivity contribution in [2.75, 3.05) is 10.6 Å². The lowest BCUT2D eigenvalue weighted by molar-refractivity contribution is -0.117. The molecule has 1 saturated carbocycles. The van der Waals surface area contributed by atoms with Crippen molar-refractivity contribution in [3.8, 4) is 0 Å². The van der Waals surface area contributed by atoms with Crippen LogP contribution in [0.1, 0.15) is 30.6 Å². The fourth-order valence-corrected chi connectivity index (χ4v) is 2.02. The minimum absolute atomic E-state index is 0.0355. The Morgan fingerprint density at radius 1 is 1.25 bits per heavy atom. The number of amides is 2. The second-order valence-corrected chi connectivity index (χ2v) is 5.06. The van der Waals surface area contributed by atoms with Crippen LogP contribution in [0.2, 0.25) is 0 Å². The average Bonchev–Trinajstić information content (AvgIpc) is 3.07. The van der Waals surface area contributed by atoms with Crippen LogP contribution >= 0.6 is 0 Å². The van der Waals surface area contributed by atoms with Gasteiger partial charge in [0.2, 0.25) is 11.8 Å². The molecule has 2 unspecified atom stereocenters. The first-order valence-electron chi connectivity index (χ1n) is 6.34. The van der Waals surface area contributed by atoms with E-state index in [2.05, 4.69) is 10.6 Å². The van der Waals surface area contributed by atoms with E-state index in [1.807, 2.05) is 6.92 Å². The Morgan fingerprint density at radius 2 is 1.90 bits per heavy atom. The second-order valence-electron chi connectivity index (χ2n) is 5.06. The number of benzene rings is 1. The van der Waals surface area contributed by atoms with Gasteiger partial charge in [-0.1, -0.05) is 6.92 Å². The zero-order chi connectivity index (χ0) is 14.9. The first-order chi connectivity index (χ1) is 9.38. The number of carbonyl (C=O) groups is 3. The van der Waals surface area contributed by atoms with Crippen molar-refractivity contribution in [1.29, 1.82) is 0 Å². The highest BCUT2D eigenvalue weighted by atomic mass is 16.4. The monoisotopic (exact) mass is 276 g/mol. The predicted molar refractivity (Wildman–Crippen MR) is 73.6 cm³/mol. The molecule has 106 valence electrons. The Kier molecular flexibility index (Phi) is 3.74. The molecule has 0 heterocycles. The van der Waals surface area contributed by atoms with Crippen LogP contribution in [0.5, 0.6) is 0 Å². The maximum Gasteiger partial charge on any atom is 0.337 e. The van der Waals surface area contributed by atoms with Crippen LogP contribution in [-0.4, -0.2) is 22.9 Å². The van der Waals surface area contributed by atoms with Crippen LogP contribution in [0.25, 0.3) is 0 Å². The number of nitrogens with one attached hydrogen (secondary N) is 2. The molecule has 6 nitrogen and oxygen atoms in total. The van der Waals surface area contributed by atoms with E-state index in [-0.39, 0.29) is 29.0 Å². The van der Waals surface area contributed by atoms with Gasteiger partial charge in [-0.3, -0.25) is 9.59 Å². The van der Waals surface area contributed by atoms with E-state index in [1.54, 1.807) is 6.07 Å². The summed E-state index contributed by atoms with van der Waals surface area (Å²) < 4.78 is 0. The highest BCUT2D eigenvalue weighted by Gasteiger charge is 2.39. The van der Waals surface area contributed by atoms with Gasteiger partial charge in [-0.05, 0) is 30.5 Å². The summed E-state index contributed by atoms with van der Waals surface area (Å²) in [6.45, 7) is 3.31. The second kappa shape index (κ2) is 5.32. The van der Waals surface area contributed by atoms with Gasteiger partial charge in [-0.25, -0.2) is 4.79 Å². The zero-order valence-electron chi connectivity index (χ0n) is 11.3. The Hall–Kier alpha value is -2.37. The molecule has 1 aromatic carbocycles. The van der Waals surface area contributed by atoms with Crippen LogP contribution in [0.3, 0.4) is 0 Å². The van der Waals surface area contributed by atoms with Crippen LogP contribution in [0.15, 0.2) is 18.2 Å². The van der Waals surface area contributed by atoms with Crippen molar-refractivity contribution >= 4 is 29.2 Å². The lowest BCUT2D eigenvalue weighted by Crippen LogP contribution is -2.17. The van der Waals surface area contributed by atoms with Gasteiger partial charge in [-0.2, -0.15) is 0 Å². The van der Waals surface area contributed by atoms with Crippen molar-refractivity contribution in [3.05, 3.63) is 23.8 Å². The summed E-state index contributed by atoms with van der Waals surface area (Å²) in [6, 6.07) is 4.37. The van der Waals surface area contributed by atoms with E-state index in [9.17, 15) is 19.5 Å². The van der Waals surface area contributed by atoms with Gasteiger partial charge in [0.15, 0.2) is 0 Å². The highest BCUT2D eigenvalue weighted by molar-refractivity contribution is 6.03. The van der Waals surface area contributed by atoms with Crippen molar-refractivity contribution in [1.82, 2.24) is 0 Å². The number of carbonyl (C=O) groups excluding carboxylic acids is 2. The molecule has 1 aromatic rings. The molecule has 1 aliphatic carbocycles. The molecule has 1 aliphatic rings. The van der Waals surface area contributed by atoms with Gasteiger partial charge in [-0.15, -0.1) is 0 Å². The number of carboxylic acid groups (broad SMARTS) is 1. The molecule has 0 aromatic heterocycles. The molecule has 0 saturated heterocycles. The first-order valence-corrected chi connectivity index (χ1v) is 6.34. The summed E-state index contributed by atoms with van der Waals surface area (Å²) in [7, 11) is 0. The molecule has 3 N–H and O–H groups in total. The minimum atomic E-state index is -1.16. The number of hydrogen-bond donors (Lipinski definition) is 3. The highest BCUT2D eigenvalue weighted by Crippen LogP contribution is 2.38. The molecule has 0 radical (unpaired) electrons. The largest absolute Gasteiger partial charge is 0.478 e. The predicted octanol–water partition coefficient (Wildman–Crippen LogP) is 1.94. The molecule has 0 bridgehead atoms. The summed E-state index contributed by atoms with van der Waals surface area (Å²) in [5, 5.41) is 14.3. The molecule has 2 amide bonds. The number of rotatable bonds is 4. The van der Waals surface area contributed by atoms with Crippen molar-refractivity contribution in [2.24, 2.45) is 11.8 Å². The normalized spacial score (nSPS) is 20.1. The molecule has 1 fully saturated rings. The average molecular weight is 276 g/mol. The topological polar surface area (TPSA) is 95.5 Å². The van der Waals surface area contributed by atoms with Crippen LogP contribution in [0, 0.1) is 11.8 Å². The lowest BCUT2D eigenvalue weighted by Gasteiger charge is -2.10. The van der Waals surface area contributed by atoms with Gasteiger partial charge in [0.05, 0.1) is 11.3 Å². The third kappa shape index (κ3) is 3.14. The van der Waals surface area contributed by atoms with Crippen LogP contribution in [0.4, 0.5) is 11.4 Å². The zero-order valence-corrected chi connectivity index (χ0v) is 11.3. The first kappa shape index (κ1) is 14.0. The van der Waals surface area contributed by atoms with E-state index in [4.69, 9.17) is 0 Å². The fourth-order valence-electron chi connectivity index (χ4n) is 2.02. The molecular weight excluding hydrogens is 260 g/mol. The maximum atomic E-state index is 11.8. The molecule has 20 heavy (non-hydrogen) atoms. The molecule has 6 heteroatoms. The molecule has 2 rings (SSSR count). The van der Waals surface area contributed by atoms with E-state index in [0.717, 1.165) is 6.42 Å². The van der Waals surface area contributed by atoms with E-state index in [0.29, 0.717) is 11.6 Å². The number of aromatic carboxylic acids is 1. The van der Waals surface area contributed by atoms with E-state index < -0.39 is 5.97 Å². The van der Waals surface area contributed by atoms with Gasteiger partial charge in [0.1, 0.15) is 0 Å². The number of carboxylic acids is 1. The Labute approximate surface area is 116 Å². The summed E-state index contributed by atoms with van der Waals surface area (Å²) in [4.78, 5) is 34.0. The smallest absolute Gasteiger partial charge is 0.337 e. The quantitative estimate of drug-likeness (QED) is 0.783. The van der Waals surface area contributed by atoms with Crippen molar-refractivity contribution in [3.63, 3.8) is 0 Å². The van der Waals surface area contributed by atoms with Gasteiger partial charge in [0.25, 0.3) is 0 Å². The summed E-state index contributed by atoms with van der Waals surface area (Å²) in [5.74, 6) is -1.29. The molecule has 2 atom stereocenters. The fraction of sp³-hybridized carbons (Fsp3) is 0.357. The SMILES string of the molecule is CC(=O)Nc1ccc(NC(=O)C2CC2C)c(C(=O)O)c1. The Balaban J connectivity index is 2.21. The Bertz CT molecular complexity index is 583. The molecular formula is C14H16N2O4. The molecule has 0 spiro atoms. The van der Waals surface area contributed by atoms with Crippen molar-refractivity contribution < 1.29 is 19.5 Å². The third-order valence-corrected chi connectivity index (χ3v) is 3.27. The van der Waals surface area contributed by atoms with Crippen LogP contribution in [-0.2, 0) is 9.59 Å². The van der Waals surface area contributed by atoms with Gasteiger partial charge < -0.3 is 15.7 Å². The van der Waals surface area contributed by atoms with Gasteiger partial charge in [0, 0.05) is 18.5 Å². The number of hydrogen-bond acceptors (Lipinski definition) is 3. The third-order valence-electron chi connectivity index (χ3n) is 3.27. The summed E-state index contributed by atoms with van der Waals surface area (Å²) in [5.41, 5.74) is 0.585. The van der Waals surface area contributed by atoms with Crippen molar-refractivity contribution in [2.45, 2.75) is 20.3 Å². The van der Waals surface area contributed by atoms with E-state index >= 15 is 0 Å². The summed E-state index contributed by atoms with van der Waals surface area (Å²) in [6.07, 6.45) is 0.832. The van der Waals surface area contributed by atoms with Crippen LogP contribution < -0.4 is 10.6 Å². The Morgan fingerprint density at radius 3 is 2.40 bits per heavy atom. The molecule has 0 aliphatic heterocycles. The van der Waals surface area contributed by atoms with Gasteiger partial charge >= 0.3 is 5.97 Å². The maximum absolute atomic E-state index is 11.8. The lowest BCUT2D eigenvalue weighted by atomic mass is 10.1. The minimum Gasteiger partial charge on any atom is -0.478 e. The summed E-state index contributed by atoms with van der Waals surface area (Å²) >= 11 is 0. The standard InChI is InChI=1S/C14H16N2O4/c1-7-5-10(7)13(18)16-12-4-3-9(15-8(2)17)6-11(12)14(19)20/h3-4,6-7,10H,5H2,1-2H3,(H,15,17)(H,16,18)(H,19,20). The number of anilines is 2.